The highest BCUT2D eigenvalue weighted by Crippen LogP contribution is 2.38. The van der Waals surface area contributed by atoms with Crippen LogP contribution in [-0.4, -0.2) is 37.1 Å². The van der Waals surface area contributed by atoms with Gasteiger partial charge in [0.05, 0.1) is 20.1 Å². The topological polar surface area (TPSA) is 38.8 Å². The maximum absolute atomic E-state index is 13.1. The molecule has 1 atom stereocenters. The van der Waals surface area contributed by atoms with Gasteiger partial charge in [0, 0.05) is 23.7 Å². The van der Waals surface area contributed by atoms with Crippen molar-refractivity contribution in [3.05, 3.63) is 42.0 Å². The van der Waals surface area contributed by atoms with Gasteiger partial charge in [-0.15, -0.1) is 0 Å². The molecular weight excluding hydrogens is 302 g/mol. The standard InChI is InChI=1S/C20H27NO3/c1-13(2)21(14(3)4)20(22)18-9-7-8-16(18)17-11-10-15(23-5)12-19(17)24-6/h7-14,18H,1-6H3. The Labute approximate surface area is 144 Å². The van der Waals surface area contributed by atoms with Gasteiger partial charge in [0.1, 0.15) is 11.5 Å². The number of hydrogen-bond donors (Lipinski definition) is 0. The van der Waals surface area contributed by atoms with Gasteiger partial charge in [-0.25, -0.2) is 0 Å². The van der Waals surface area contributed by atoms with Gasteiger partial charge in [0.15, 0.2) is 0 Å². The monoisotopic (exact) mass is 329 g/mol. The van der Waals surface area contributed by atoms with E-state index in [1.54, 1.807) is 14.2 Å². The largest absolute Gasteiger partial charge is 0.497 e. The molecule has 0 spiro atoms. The number of allylic oxidation sites excluding steroid dienone is 2. The molecule has 2 rings (SSSR count). The number of carbonyl (C=O) groups excluding carboxylic acids is 1. The maximum atomic E-state index is 13.1. The molecule has 0 saturated heterocycles. The molecule has 24 heavy (non-hydrogen) atoms. The average molecular weight is 329 g/mol. The Bertz CT molecular complexity index is 651. The van der Waals surface area contributed by atoms with Crippen molar-refractivity contribution in [3.8, 4) is 11.5 Å². The number of methoxy groups -OCH3 is 2. The minimum atomic E-state index is -0.280. The van der Waals surface area contributed by atoms with Crippen LogP contribution in [0.5, 0.6) is 11.5 Å². The summed E-state index contributed by atoms with van der Waals surface area (Å²) in [5.41, 5.74) is 1.89. The quantitative estimate of drug-likeness (QED) is 0.794. The summed E-state index contributed by atoms with van der Waals surface area (Å²) in [6, 6.07) is 6.00. The molecule has 1 unspecified atom stereocenters. The molecule has 1 aliphatic carbocycles. The van der Waals surface area contributed by atoms with Gasteiger partial charge in [0.25, 0.3) is 0 Å². The summed E-state index contributed by atoms with van der Waals surface area (Å²) in [4.78, 5) is 15.0. The van der Waals surface area contributed by atoms with Crippen LogP contribution >= 0.6 is 0 Å². The van der Waals surface area contributed by atoms with E-state index in [1.165, 1.54) is 0 Å². The molecule has 0 aromatic heterocycles. The fourth-order valence-corrected chi connectivity index (χ4v) is 3.25. The second kappa shape index (κ2) is 7.56. The third kappa shape index (κ3) is 3.48. The molecule has 130 valence electrons. The lowest BCUT2D eigenvalue weighted by Gasteiger charge is -2.33. The molecule has 0 saturated carbocycles. The van der Waals surface area contributed by atoms with E-state index in [0.717, 1.165) is 16.9 Å². The summed E-state index contributed by atoms with van der Waals surface area (Å²) in [6.45, 7) is 8.20. The molecule has 0 fully saturated rings. The zero-order chi connectivity index (χ0) is 17.9. The number of ether oxygens (including phenoxy) is 2. The lowest BCUT2D eigenvalue weighted by molar-refractivity contribution is -0.135. The van der Waals surface area contributed by atoms with Crippen molar-refractivity contribution in [1.29, 1.82) is 0 Å². The Hall–Kier alpha value is -2.23. The van der Waals surface area contributed by atoms with E-state index < -0.39 is 0 Å². The van der Waals surface area contributed by atoms with Gasteiger partial charge >= 0.3 is 0 Å². The van der Waals surface area contributed by atoms with Gasteiger partial charge in [-0.1, -0.05) is 18.2 Å². The van der Waals surface area contributed by atoms with Crippen molar-refractivity contribution >= 4 is 11.5 Å². The molecule has 0 bridgehead atoms. The number of hydrogen-bond acceptors (Lipinski definition) is 3. The Morgan fingerprint density at radius 3 is 2.29 bits per heavy atom. The Balaban J connectivity index is 2.37. The lowest BCUT2D eigenvalue weighted by Crippen LogP contribution is -2.44. The minimum absolute atomic E-state index is 0.123. The van der Waals surface area contributed by atoms with E-state index in [2.05, 4.69) is 0 Å². The summed E-state index contributed by atoms with van der Waals surface area (Å²) < 4.78 is 10.8. The van der Waals surface area contributed by atoms with Crippen LogP contribution in [0.2, 0.25) is 0 Å². The molecular formula is C20H27NO3. The first-order chi connectivity index (χ1) is 11.4. The smallest absolute Gasteiger partial charge is 0.234 e. The van der Waals surface area contributed by atoms with Crippen molar-refractivity contribution in [2.75, 3.05) is 14.2 Å². The molecule has 4 nitrogen and oxygen atoms in total. The first kappa shape index (κ1) is 18.1. The third-order valence-electron chi connectivity index (χ3n) is 4.27. The molecule has 1 amide bonds. The van der Waals surface area contributed by atoms with E-state index in [4.69, 9.17) is 9.47 Å². The van der Waals surface area contributed by atoms with Gasteiger partial charge in [-0.05, 0) is 45.4 Å². The van der Waals surface area contributed by atoms with Crippen molar-refractivity contribution in [1.82, 2.24) is 4.90 Å². The SMILES string of the molecule is COc1ccc(C2=CC=CC2C(=O)N(C(C)C)C(C)C)c(OC)c1. The molecule has 1 aromatic carbocycles. The number of rotatable bonds is 6. The van der Waals surface area contributed by atoms with Crippen LogP contribution in [0.3, 0.4) is 0 Å². The average Bonchev–Trinajstić information content (AvgIpc) is 3.02. The first-order valence-corrected chi connectivity index (χ1v) is 8.33. The van der Waals surface area contributed by atoms with E-state index in [9.17, 15) is 4.79 Å². The Morgan fingerprint density at radius 1 is 1.08 bits per heavy atom. The van der Waals surface area contributed by atoms with Crippen molar-refractivity contribution in [2.24, 2.45) is 5.92 Å². The zero-order valence-electron chi connectivity index (χ0n) is 15.4. The minimum Gasteiger partial charge on any atom is -0.497 e. The summed E-state index contributed by atoms with van der Waals surface area (Å²) in [5.74, 6) is 1.29. The van der Waals surface area contributed by atoms with Gasteiger partial charge in [0.2, 0.25) is 5.91 Å². The van der Waals surface area contributed by atoms with Crippen LogP contribution in [0.15, 0.2) is 36.4 Å². The van der Waals surface area contributed by atoms with Crippen molar-refractivity contribution in [3.63, 3.8) is 0 Å². The van der Waals surface area contributed by atoms with Crippen LogP contribution in [0.1, 0.15) is 33.3 Å². The molecule has 0 aliphatic heterocycles. The van der Waals surface area contributed by atoms with Crippen molar-refractivity contribution < 1.29 is 14.3 Å². The number of benzene rings is 1. The molecule has 1 aliphatic rings. The molecule has 0 N–H and O–H groups in total. The van der Waals surface area contributed by atoms with Crippen LogP contribution < -0.4 is 9.47 Å². The highest BCUT2D eigenvalue weighted by molar-refractivity contribution is 5.97. The van der Waals surface area contributed by atoms with Gasteiger partial charge < -0.3 is 14.4 Å². The van der Waals surface area contributed by atoms with Crippen LogP contribution in [0.25, 0.3) is 5.57 Å². The third-order valence-corrected chi connectivity index (χ3v) is 4.27. The van der Waals surface area contributed by atoms with E-state index >= 15 is 0 Å². The highest BCUT2D eigenvalue weighted by atomic mass is 16.5. The van der Waals surface area contributed by atoms with E-state index in [1.807, 2.05) is 69.0 Å². The predicted octanol–water partition coefficient (Wildman–Crippen LogP) is 3.92. The van der Waals surface area contributed by atoms with Gasteiger partial charge in [-0.2, -0.15) is 0 Å². The van der Waals surface area contributed by atoms with Gasteiger partial charge in [-0.3, -0.25) is 4.79 Å². The molecule has 1 aromatic rings. The number of nitrogens with zero attached hydrogens (tertiary/aromatic N) is 1. The summed E-state index contributed by atoms with van der Waals surface area (Å²) in [6.07, 6.45) is 5.89. The fraction of sp³-hybridized carbons (Fsp3) is 0.450. The second-order valence-corrected chi connectivity index (χ2v) is 6.48. The van der Waals surface area contributed by atoms with Crippen LogP contribution in [0, 0.1) is 5.92 Å². The second-order valence-electron chi connectivity index (χ2n) is 6.48. The Kier molecular flexibility index (Phi) is 5.71. The van der Waals surface area contributed by atoms with Crippen LogP contribution in [-0.2, 0) is 4.79 Å². The highest BCUT2D eigenvalue weighted by Gasteiger charge is 2.32. The Morgan fingerprint density at radius 2 is 1.75 bits per heavy atom. The maximum Gasteiger partial charge on any atom is 0.234 e. The normalized spacial score (nSPS) is 16.5. The molecule has 0 heterocycles. The summed E-state index contributed by atoms with van der Waals surface area (Å²) in [7, 11) is 3.26. The van der Waals surface area contributed by atoms with E-state index in [-0.39, 0.29) is 23.9 Å². The fourth-order valence-electron chi connectivity index (χ4n) is 3.25. The summed E-state index contributed by atoms with van der Waals surface area (Å²) in [5, 5.41) is 0. The molecule has 4 heteroatoms. The van der Waals surface area contributed by atoms with E-state index in [0.29, 0.717) is 5.75 Å². The lowest BCUT2D eigenvalue weighted by atomic mass is 9.92. The molecule has 0 radical (unpaired) electrons. The number of carbonyl (C=O) groups is 1. The zero-order valence-corrected chi connectivity index (χ0v) is 15.4. The van der Waals surface area contributed by atoms with Crippen molar-refractivity contribution in [2.45, 2.75) is 39.8 Å². The predicted molar refractivity (Wildman–Crippen MR) is 97.3 cm³/mol. The number of amides is 1. The summed E-state index contributed by atoms with van der Waals surface area (Å²) >= 11 is 0. The van der Waals surface area contributed by atoms with Crippen LogP contribution in [0.4, 0.5) is 0 Å². The first-order valence-electron chi connectivity index (χ1n) is 8.33.